The molecule has 0 saturated carbocycles. The summed E-state index contributed by atoms with van der Waals surface area (Å²) in [7, 11) is 2.12. The summed E-state index contributed by atoms with van der Waals surface area (Å²) in [5.74, 6) is 0. The molecule has 0 fully saturated rings. The summed E-state index contributed by atoms with van der Waals surface area (Å²) >= 11 is 0. The summed E-state index contributed by atoms with van der Waals surface area (Å²) in [5, 5.41) is 7.80. The smallest absolute Gasteiger partial charge is 0.0732 e. The monoisotopic (exact) mass is 163 g/mol. The molecule has 1 aromatic heterocycles. The first kappa shape index (κ1) is 7.53. The molecular weight excluding hydrogens is 150 g/mol. The highest BCUT2D eigenvalue weighted by molar-refractivity contribution is 5.50. The Bertz CT molecular complexity index is 272. The average Bonchev–Trinajstić information content (AvgIpc) is 2.29. The Labute approximate surface area is 72.4 Å². The van der Waals surface area contributed by atoms with Crippen LogP contribution in [0.5, 0.6) is 0 Å². The Morgan fingerprint density at radius 1 is 1.25 bits per heavy atom. The lowest BCUT2D eigenvalue weighted by Gasteiger charge is -2.17. The van der Waals surface area contributed by atoms with E-state index in [1.54, 1.807) is 0 Å². The lowest BCUT2D eigenvalue weighted by Crippen LogP contribution is -2.17. The molecular formula is C9H13N3. The van der Waals surface area contributed by atoms with Crippen LogP contribution in [0, 0.1) is 0 Å². The third-order valence-corrected chi connectivity index (χ3v) is 2.39. The summed E-state index contributed by atoms with van der Waals surface area (Å²) < 4.78 is 0. The molecule has 1 aliphatic heterocycles. The van der Waals surface area contributed by atoms with Gasteiger partial charge in [0.15, 0.2) is 0 Å². The molecule has 0 aromatic carbocycles. The lowest BCUT2D eigenvalue weighted by atomic mass is 10.1. The van der Waals surface area contributed by atoms with Gasteiger partial charge in [-0.05, 0) is 24.8 Å². The number of rotatable bonds is 0. The van der Waals surface area contributed by atoms with E-state index in [0.29, 0.717) is 0 Å². The molecule has 64 valence electrons. The quantitative estimate of drug-likeness (QED) is 0.576. The van der Waals surface area contributed by atoms with E-state index in [2.05, 4.69) is 22.1 Å². The number of aryl methyl sites for hydroxylation is 1. The van der Waals surface area contributed by atoms with Crippen LogP contribution < -0.4 is 4.90 Å². The van der Waals surface area contributed by atoms with Gasteiger partial charge in [-0.3, -0.25) is 0 Å². The standard InChI is InChI=1S/C9H13N3/c1-12-5-3-2-4-8-6-10-11-7-9(8)12/h6-7H,2-5H2,1H3. The van der Waals surface area contributed by atoms with E-state index in [1.807, 2.05) is 12.4 Å². The predicted octanol–water partition coefficient (Wildman–Crippen LogP) is 1.25. The largest absolute Gasteiger partial charge is 0.373 e. The molecule has 0 bridgehead atoms. The van der Waals surface area contributed by atoms with Gasteiger partial charge >= 0.3 is 0 Å². The van der Waals surface area contributed by atoms with Gasteiger partial charge in [-0.2, -0.15) is 10.2 Å². The van der Waals surface area contributed by atoms with Crippen LogP contribution in [-0.2, 0) is 6.42 Å². The highest BCUT2D eigenvalue weighted by Crippen LogP contribution is 2.22. The molecule has 3 heteroatoms. The van der Waals surface area contributed by atoms with Crippen molar-refractivity contribution in [1.82, 2.24) is 10.2 Å². The summed E-state index contributed by atoms with van der Waals surface area (Å²) in [6, 6.07) is 0. The fraction of sp³-hybridized carbons (Fsp3) is 0.556. The highest BCUT2D eigenvalue weighted by Gasteiger charge is 2.11. The van der Waals surface area contributed by atoms with Crippen LogP contribution in [-0.4, -0.2) is 23.8 Å². The fourth-order valence-electron chi connectivity index (χ4n) is 1.66. The second-order valence-corrected chi connectivity index (χ2v) is 3.28. The molecule has 0 atom stereocenters. The van der Waals surface area contributed by atoms with E-state index < -0.39 is 0 Å². The van der Waals surface area contributed by atoms with Crippen molar-refractivity contribution in [3.05, 3.63) is 18.0 Å². The summed E-state index contributed by atoms with van der Waals surface area (Å²) in [6.45, 7) is 1.14. The van der Waals surface area contributed by atoms with E-state index in [4.69, 9.17) is 0 Å². The Morgan fingerprint density at radius 3 is 3.00 bits per heavy atom. The fourth-order valence-corrected chi connectivity index (χ4v) is 1.66. The van der Waals surface area contributed by atoms with Crippen LogP contribution in [0.1, 0.15) is 18.4 Å². The Hall–Kier alpha value is -1.12. The molecule has 0 spiro atoms. The van der Waals surface area contributed by atoms with E-state index in [9.17, 15) is 0 Å². The zero-order valence-electron chi connectivity index (χ0n) is 7.32. The first-order valence-electron chi connectivity index (χ1n) is 4.38. The van der Waals surface area contributed by atoms with Gasteiger partial charge in [0.1, 0.15) is 0 Å². The molecule has 0 aliphatic carbocycles. The van der Waals surface area contributed by atoms with Gasteiger partial charge < -0.3 is 4.90 Å². The van der Waals surface area contributed by atoms with Crippen molar-refractivity contribution < 1.29 is 0 Å². The van der Waals surface area contributed by atoms with Gasteiger partial charge in [0.05, 0.1) is 18.1 Å². The maximum atomic E-state index is 3.90. The first-order chi connectivity index (χ1) is 5.88. The maximum absolute atomic E-state index is 3.90. The maximum Gasteiger partial charge on any atom is 0.0732 e. The van der Waals surface area contributed by atoms with E-state index >= 15 is 0 Å². The number of fused-ring (bicyclic) bond motifs is 1. The molecule has 0 N–H and O–H groups in total. The second kappa shape index (κ2) is 3.09. The second-order valence-electron chi connectivity index (χ2n) is 3.28. The average molecular weight is 163 g/mol. The van der Waals surface area contributed by atoms with Gasteiger partial charge in [-0.1, -0.05) is 0 Å². The topological polar surface area (TPSA) is 29.0 Å². The van der Waals surface area contributed by atoms with Crippen LogP contribution in [0.25, 0.3) is 0 Å². The molecule has 0 amide bonds. The molecule has 3 nitrogen and oxygen atoms in total. The third kappa shape index (κ3) is 1.26. The molecule has 0 unspecified atom stereocenters. The summed E-state index contributed by atoms with van der Waals surface area (Å²) in [5.41, 5.74) is 2.59. The third-order valence-electron chi connectivity index (χ3n) is 2.39. The molecule has 1 aromatic rings. The number of anilines is 1. The van der Waals surface area contributed by atoms with Gasteiger partial charge in [-0.25, -0.2) is 0 Å². The summed E-state index contributed by atoms with van der Waals surface area (Å²) in [4.78, 5) is 2.26. The zero-order valence-corrected chi connectivity index (χ0v) is 7.32. The lowest BCUT2D eigenvalue weighted by molar-refractivity contribution is 0.749. The number of nitrogens with zero attached hydrogens (tertiary/aromatic N) is 3. The minimum Gasteiger partial charge on any atom is -0.373 e. The summed E-state index contributed by atoms with van der Waals surface area (Å²) in [6.07, 6.45) is 7.43. The number of aromatic nitrogens is 2. The Balaban J connectivity index is 2.39. The van der Waals surface area contributed by atoms with Crippen LogP contribution in [0.15, 0.2) is 12.4 Å². The molecule has 0 radical (unpaired) electrons. The van der Waals surface area contributed by atoms with Gasteiger partial charge in [0.2, 0.25) is 0 Å². The molecule has 12 heavy (non-hydrogen) atoms. The van der Waals surface area contributed by atoms with E-state index in [1.165, 1.54) is 24.1 Å². The number of hydrogen-bond acceptors (Lipinski definition) is 3. The van der Waals surface area contributed by atoms with Crippen molar-refractivity contribution in [1.29, 1.82) is 0 Å². The van der Waals surface area contributed by atoms with Crippen molar-refractivity contribution in [3.63, 3.8) is 0 Å². The van der Waals surface area contributed by atoms with Crippen molar-refractivity contribution >= 4 is 5.69 Å². The minimum absolute atomic E-state index is 1.14. The first-order valence-corrected chi connectivity index (χ1v) is 4.38. The Kier molecular flexibility index (Phi) is 1.94. The molecule has 2 heterocycles. The number of hydrogen-bond donors (Lipinski definition) is 0. The SMILES string of the molecule is CN1CCCCc2cnncc21. The molecule has 1 aliphatic rings. The Morgan fingerprint density at radius 2 is 2.08 bits per heavy atom. The predicted molar refractivity (Wildman–Crippen MR) is 48.2 cm³/mol. The van der Waals surface area contributed by atoms with Gasteiger partial charge in [0, 0.05) is 13.6 Å². The minimum atomic E-state index is 1.14. The van der Waals surface area contributed by atoms with Crippen molar-refractivity contribution in [2.45, 2.75) is 19.3 Å². The molecule has 0 saturated heterocycles. The van der Waals surface area contributed by atoms with Crippen molar-refractivity contribution in [3.8, 4) is 0 Å². The van der Waals surface area contributed by atoms with Crippen LogP contribution in [0.3, 0.4) is 0 Å². The van der Waals surface area contributed by atoms with Crippen LogP contribution in [0.2, 0.25) is 0 Å². The van der Waals surface area contributed by atoms with Crippen molar-refractivity contribution in [2.24, 2.45) is 0 Å². The van der Waals surface area contributed by atoms with Gasteiger partial charge in [0.25, 0.3) is 0 Å². The highest BCUT2D eigenvalue weighted by atomic mass is 15.1. The normalized spacial score (nSPS) is 16.9. The zero-order chi connectivity index (χ0) is 8.39. The van der Waals surface area contributed by atoms with E-state index in [-0.39, 0.29) is 0 Å². The van der Waals surface area contributed by atoms with E-state index in [0.717, 1.165) is 13.0 Å². The van der Waals surface area contributed by atoms with Gasteiger partial charge in [-0.15, -0.1) is 0 Å². The van der Waals surface area contributed by atoms with Crippen LogP contribution >= 0.6 is 0 Å². The van der Waals surface area contributed by atoms with Crippen molar-refractivity contribution in [2.75, 3.05) is 18.5 Å². The molecule has 2 rings (SSSR count). The van der Waals surface area contributed by atoms with Crippen LogP contribution in [0.4, 0.5) is 5.69 Å².